The molecule has 5 nitrogen and oxygen atoms in total. The molecule has 2 aromatic rings. The third-order valence-corrected chi connectivity index (χ3v) is 6.52. The normalized spacial score (nSPS) is 15.2. The Balaban J connectivity index is 1.92. The van der Waals surface area contributed by atoms with E-state index in [0.29, 0.717) is 29.8 Å². The van der Waals surface area contributed by atoms with Crippen molar-refractivity contribution in [3.8, 4) is 0 Å². The molecule has 4 rings (SSSR count). The summed E-state index contributed by atoms with van der Waals surface area (Å²) in [7, 11) is 1.79. The molecular formula is C27H29N3O2. The number of nitrogens with zero attached hydrogens (tertiary/aromatic N) is 1. The Kier molecular flexibility index (Phi) is 5.61. The summed E-state index contributed by atoms with van der Waals surface area (Å²) in [5.74, 6) is -0.0900. The zero-order valence-electron chi connectivity index (χ0n) is 18.8. The molecule has 164 valence electrons. The average molecular weight is 428 g/mol. The molecule has 0 aromatic heterocycles. The van der Waals surface area contributed by atoms with Crippen molar-refractivity contribution < 1.29 is 9.90 Å². The molecule has 2 aromatic carbocycles. The molecule has 0 fully saturated rings. The first-order chi connectivity index (χ1) is 15.2. The summed E-state index contributed by atoms with van der Waals surface area (Å²) in [6.07, 6.45) is 6.86. The Morgan fingerprint density at radius 2 is 1.91 bits per heavy atom. The van der Waals surface area contributed by atoms with Crippen LogP contribution in [-0.2, 0) is 6.42 Å². The fraction of sp³-hybridized carbons (Fsp3) is 0.259. The van der Waals surface area contributed by atoms with E-state index in [2.05, 4.69) is 0 Å². The van der Waals surface area contributed by atoms with Crippen LogP contribution in [-0.4, -0.2) is 40.8 Å². The summed E-state index contributed by atoms with van der Waals surface area (Å²) in [5.41, 5.74) is 13.5. The predicted molar refractivity (Wildman–Crippen MR) is 130 cm³/mol. The molecule has 0 heterocycles. The lowest BCUT2D eigenvalue weighted by molar-refractivity contribution is 0.0574. The summed E-state index contributed by atoms with van der Waals surface area (Å²) in [6, 6.07) is 13.6. The number of aliphatic hydroxyl groups excluding tert-OH is 1. The van der Waals surface area contributed by atoms with Gasteiger partial charge in [-0.15, -0.1) is 0 Å². The minimum atomic E-state index is -0.486. The fourth-order valence-corrected chi connectivity index (χ4v) is 4.41. The van der Waals surface area contributed by atoms with E-state index in [4.69, 9.17) is 11.1 Å². The Morgan fingerprint density at radius 1 is 1.16 bits per heavy atom. The Bertz CT molecular complexity index is 1200. The van der Waals surface area contributed by atoms with E-state index in [1.165, 1.54) is 0 Å². The van der Waals surface area contributed by atoms with Crippen molar-refractivity contribution in [2.24, 2.45) is 0 Å². The van der Waals surface area contributed by atoms with E-state index in [-0.39, 0.29) is 12.5 Å². The number of carbonyl (C=O) groups excluding carboxylic acids is 1. The zero-order chi connectivity index (χ0) is 23.0. The lowest BCUT2D eigenvalue weighted by Gasteiger charge is -2.36. The van der Waals surface area contributed by atoms with Crippen LogP contribution in [0.1, 0.15) is 47.3 Å². The molecule has 0 atom stereocenters. The number of allylic oxidation sites excluding steroid dienone is 5. The van der Waals surface area contributed by atoms with Crippen LogP contribution >= 0.6 is 0 Å². The molecule has 0 radical (unpaired) electrons. The number of carbonyl (C=O) groups is 1. The third-order valence-electron chi connectivity index (χ3n) is 6.52. The summed E-state index contributed by atoms with van der Waals surface area (Å²) >= 11 is 0. The van der Waals surface area contributed by atoms with Crippen LogP contribution in [0, 0.1) is 5.41 Å². The summed E-state index contributed by atoms with van der Waals surface area (Å²) in [5, 5.41) is 17.5. The van der Waals surface area contributed by atoms with Crippen LogP contribution in [0.2, 0.25) is 0 Å². The van der Waals surface area contributed by atoms with Crippen molar-refractivity contribution in [2.75, 3.05) is 19.4 Å². The van der Waals surface area contributed by atoms with Gasteiger partial charge in [-0.05, 0) is 90.4 Å². The minimum Gasteiger partial charge on any atom is -0.399 e. The quantitative estimate of drug-likeness (QED) is 0.619. The molecule has 0 bridgehead atoms. The van der Waals surface area contributed by atoms with Gasteiger partial charge in [-0.25, -0.2) is 0 Å². The van der Waals surface area contributed by atoms with Gasteiger partial charge in [-0.3, -0.25) is 4.79 Å². The predicted octanol–water partition coefficient (Wildman–Crippen LogP) is 4.38. The number of fused-ring (bicyclic) bond motifs is 2. The second-order valence-corrected chi connectivity index (χ2v) is 9.04. The highest BCUT2D eigenvalue weighted by molar-refractivity contribution is 6.08. The molecule has 0 saturated carbocycles. The Hall–Kier alpha value is -3.44. The highest BCUT2D eigenvalue weighted by Crippen LogP contribution is 2.42. The number of rotatable bonds is 5. The van der Waals surface area contributed by atoms with E-state index in [9.17, 15) is 9.90 Å². The van der Waals surface area contributed by atoms with Crippen molar-refractivity contribution in [3.63, 3.8) is 0 Å². The van der Waals surface area contributed by atoms with Gasteiger partial charge in [0, 0.05) is 30.4 Å². The highest BCUT2D eigenvalue weighted by Gasteiger charge is 2.31. The second-order valence-electron chi connectivity index (χ2n) is 9.04. The smallest absolute Gasteiger partial charge is 0.254 e. The number of aliphatic hydroxyl groups is 1. The van der Waals surface area contributed by atoms with Crippen molar-refractivity contribution in [1.29, 1.82) is 5.41 Å². The lowest BCUT2D eigenvalue weighted by atomic mass is 9.76. The lowest BCUT2D eigenvalue weighted by Crippen LogP contribution is -2.45. The SMILES string of the molecule is CN(C(=O)c1ccccc1C1=C2C=CC(=N)C=C2Cc2cc(N)ccc21)C(C)(C)CCO. The number of amides is 1. The second kappa shape index (κ2) is 8.24. The fourth-order valence-electron chi connectivity index (χ4n) is 4.41. The number of nitrogen functional groups attached to an aromatic ring is 1. The number of benzene rings is 2. The van der Waals surface area contributed by atoms with Gasteiger partial charge in [-0.1, -0.05) is 30.3 Å². The maximum atomic E-state index is 13.6. The summed E-state index contributed by atoms with van der Waals surface area (Å²) in [6.45, 7) is 3.93. The largest absolute Gasteiger partial charge is 0.399 e. The van der Waals surface area contributed by atoms with Crippen LogP contribution in [0.5, 0.6) is 0 Å². The van der Waals surface area contributed by atoms with Crippen LogP contribution < -0.4 is 5.73 Å². The zero-order valence-corrected chi connectivity index (χ0v) is 18.8. The highest BCUT2D eigenvalue weighted by atomic mass is 16.3. The molecule has 2 aliphatic carbocycles. The molecule has 0 spiro atoms. The van der Waals surface area contributed by atoms with Crippen molar-refractivity contribution in [1.82, 2.24) is 4.90 Å². The molecule has 2 aliphatic rings. The first-order valence-electron chi connectivity index (χ1n) is 10.8. The van der Waals surface area contributed by atoms with Crippen LogP contribution in [0.25, 0.3) is 5.57 Å². The third kappa shape index (κ3) is 3.80. The van der Waals surface area contributed by atoms with E-state index in [0.717, 1.165) is 33.4 Å². The van der Waals surface area contributed by atoms with Gasteiger partial charge in [0.2, 0.25) is 0 Å². The van der Waals surface area contributed by atoms with Crippen molar-refractivity contribution in [3.05, 3.63) is 94.1 Å². The van der Waals surface area contributed by atoms with Gasteiger partial charge in [0.05, 0.1) is 5.71 Å². The topological polar surface area (TPSA) is 90.4 Å². The standard InChI is InChI=1S/C27H29N3O2/c1-27(2,12-13-31)30(3)26(32)24-7-5-4-6-23(24)25-21-10-8-19(28)15-17(21)14-18-16-20(29)9-11-22(18)25/h4-11,15-16,28,31H,12-14,29H2,1-3H3. The number of hydrogen-bond donors (Lipinski definition) is 3. The monoisotopic (exact) mass is 427 g/mol. The number of nitrogens with one attached hydrogen (secondary N) is 1. The van der Waals surface area contributed by atoms with E-state index in [1.807, 2.05) is 68.5 Å². The summed E-state index contributed by atoms with van der Waals surface area (Å²) < 4.78 is 0. The van der Waals surface area contributed by atoms with Gasteiger partial charge in [0.25, 0.3) is 5.91 Å². The van der Waals surface area contributed by atoms with Gasteiger partial charge in [-0.2, -0.15) is 0 Å². The van der Waals surface area contributed by atoms with Gasteiger partial charge in [0.1, 0.15) is 0 Å². The summed E-state index contributed by atoms with van der Waals surface area (Å²) in [4.78, 5) is 15.4. The van der Waals surface area contributed by atoms with Gasteiger partial charge in [0.15, 0.2) is 0 Å². The van der Waals surface area contributed by atoms with Crippen LogP contribution in [0.4, 0.5) is 5.69 Å². The number of anilines is 1. The minimum absolute atomic E-state index is 0.0152. The van der Waals surface area contributed by atoms with Crippen LogP contribution in [0.15, 0.2) is 71.8 Å². The molecule has 1 amide bonds. The first kappa shape index (κ1) is 21.8. The molecule has 5 heteroatoms. The molecule has 0 unspecified atom stereocenters. The molecular weight excluding hydrogens is 398 g/mol. The maximum absolute atomic E-state index is 13.6. The van der Waals surface area contributed by atoms with E-state index in [1.54, 1.807) is 18.0 Å². The van der Waals surface area contributed by atoms with E-state index < -0.39 is 5.54 Å². The van der Waals surface area contributed by atoms with Crippen molar-refractivity contribution in [2.45, 2.75) is 32.2 Å². The number of nitrogens with two attached hydrogens (primary N) is 1. The number of hydrogen-bond acceptors (Lipinski definition) is 4. The maximum Gasteiger partial charge on any atom is 0.254 e. The molecule has 0 saturated heterocycles. The molecule has 0 aliphatic heterocycles. The van der Waals surface area contributed by atoms with Crippen molar-refractivity contribution >= 4 is 22.9 Å². The Labute approximate surface area is 189 Å². The first-order valence-corrected chi connectivity index (χ1v) is 10.8. The van der Waals surface area contributed by atoms with Gasteiger partial charge < -0.3 is 21.1 Å². The molecule has 4 N–H and O–H groups in total. The van der Waals surface area contributed by atoms with E-state index >= 15 is 0 Å². The van der Waals surface area contributed by atoms with Gasteiger partial charge >= 0.3 is 0 Å². The Morgan fingerprint density at radius 3 is 2.66 bits per heavy atom. The average Bonchev–Trinajstić information content (AvgIpc) is 2.76. The molecule has 32 heavy (non-hydrogen) atoms. The van der Waals surface area contributed by atoms with Crippen LogP contribution in [0.3, 0.4) is 0 Å².